The van der Waals surface area contributed by atoms with E-state index in [1.165, 1.54) is 12.4 Å². The van der Waals surface area contributed by atoms with E-state index < -0.39 is 0 Å². The van der Waals surface area contributed by atoms with Crippen LogP contribution in [0.4, 0.5) is 11.4 Å². The fourth-order valence-corrected chi connectivity index (χ4v) is 1.95. The van der Waals surface area contributed by atoms with E-state index in [1.54, 1.807) is 6.07 Å². The van der Waals surface area contributed by atoms with Crippen LogP contribution >= 0.6 is 22.6 Å². The van der Waals surface area contributed by atoms with Gasteiger partial charge in [-0.1, -0.05) is 0 Å². The van der Waals surface area contributed by atoms with Crippen LogP contribution in [0.5, 0.6) is 0 Å². The van der Waals surface area contributed by atoms with Crippen LogP contribution in [0.2, 0.25) is 0 Å². The van der Waals surface area contributed by atoms with Crippen molar-refractivity contribution in [3.05, 3.63) is 44.0 Å². The number of rotatable bonds is 5. The SMILES string of the molecule is O=[N+]([O-])c1cc(I)ccc1NCCc1ncn[nH]1. The van der Waals surface area contributed by atoms with Gasteiger partial charge in [0.05, 0.1) is 4.92 Å². The predicted octanol–water partition coefficient (Wildman–Crippen LogP) is 1.97. The molecule has 0 bridgehead atoms. The molecule has 1 heterocycles. The summed E-state index contributed by atoms with van der Waals surface area (Å²) in [6, 6.07) is 5.07. The molecule has 94 valence electrons. The molecule has 2 rings (SSSR count). The van der Waals surface area contributed by atoms with E-state index in [9.17, 15) is 10.1 Å². The average Bonchev–Trinajstić information content (AvgIpc) is 2.84. The molecule has 2 aromatic rings. The topological polar surface area (TPSA) is 96.7 Å². The second-order valence-electron chi connectivity index (χ2n) is 3.53. The Morgan fingerprint density at radius 2 is 2.33 bits per heavy atom. The van der Waals surface area contributed by atoms with Crippen LogP contribution in [0.15, 0.2) is 24.5 Å². The van der Waals surface area contributed by atoms with Gasteiger partial charge in [0, 0.05) is 22.6 Å². The van der Waals surface area contributed by atoms with Gasteiger partial charge in [-0.05, 0) is 34.7 Å². The Balaban J connectivity index is 2.02. The highest BCUT2D eigenvalue weighted by molar-refractivity contribution is 14.1. The summed E-state index contributed by atoms with van der Waals surface area (Å²) in [7, 11) is 0. The third-order valence-electron chi connectivity index (χ3n) is 2.30. The van der Waals surface area contributed by atoms with E-state index in [1.807, 2.05) is 28.7 Å². The van der Waals surface area contributed by atoms with Crippen molar-refractivity contribution in [2.75, 3.05) is 11.9 Å². The van der Waals surface area contributed by atoms with Gasteiger partial charge in [0.2, 0.25) is 0 Å². The molecule has 0 radical (unpaired) electrons. The maximum absolute atomic E-state index is 10.9. The van der Waals surface area contributed by atoms with Crippen LogP contribution in [0.3, 0.4) is 0 Å². The third kappa shape index (κ3) is 3.15. The Morgan fingerprint density at radius 3 is 3.00 bits per heavy atom. The summed E-state index contributed by atoms with van der Waals surface area (Å²) in [6.07, 6.45) is 2.06. The summed E-state index contributed by atoms with van der Waals surface area (Å²) in [5.74, 6) is 0.746. The van der Waals surface area contributed by atoms with E-state index >= 15 is 0 Å². The number of aromatic nitrogens is 3. The Kier molecular flexibility index (Phi) is 4.07. The Morgan fingerprint density at radius 1 is 1.50 bits per heavy atom. The Bertz CT molecular complexity index is 543. The molecule has 0 spiro atoms. The molecule has 0 aliphatic rings. The normalized spacial score (nSPS) is 10.3. The van der Waals surface area contributed by atoms with Crippen LogP contribution in [-0.2, 0) is 6.42 Å². The lowest BCUT2D eigenvalue weighted by Gasteiger charge is -2.06. The second kappa shape index (κ2) is 5.76. The number of hydrogen-bond donors (Lipinski definition) is 2. The monoisotopic (exact) mass is 359 g/mol. The van der Waals surface area contributed by atoms with Crippen LogP contribution < -0.4 is 5.32 Å². The molecule has 0 aliphatic heterocycles. The molecule has 0 fully saturated rings. The lowest BCUT2D eigenvalue weighted by Crippen LogP contribution is -2.08. The van der Waals surface area contributed by atoms with Crippen molar-refractivity contribution in [1.82, 2.24) is 15.2 Å². The van der Waals surface area contributed by atoms with E-state index in [4.69, 9.17) is 0 Å². The number of nitrogens with one attached hydrogen (secondary N) is 2. The number of halogens is 1. The highest BCUT2D eigenvalue weighted by atomic mass is 127. The number of nitro benzene ring substituents is 1. The molecule has 18 heavy (non-hydrogen) atoms. The van der Waals surface area contributed by atoms with E-state index in [0.29, 0.717) is 18.7 Å². The first-order chi connectivity index (χ1) is 8.66. The minimum absolute atomic E-state index is 0.0828. The maximum atomic E-state index is 10.9. The largest absolute Gasteiger partial charge is 0.379 e. The minimum Gasteiger partial charge on any atom is -0.379 e. The molecule has 0 saturated heterocycles. The lowest BCUT2D eigenvalue weighted by molar-refractivity contribution is -0.384. The molecule has 1 aromatic carbocycles. The molecular formula is C10H10IN5O2. The fraction of sp³-hybridized carbons (Fsp3) is 0.200. The highest BCUT2D eigenvalue weighted by Crippen LogP contribution is 2.26. The molecular weight excluding hydrogens is 349 g/mol. The van der Waals surface area contributed by atoms with Gasteiger partial charge in [0.1, 0.15) is 17.8 Å². The smallest absolute Gasteiger partial charge is 0.293 e. The predicted molar refractivity (Wildman–Crippen MR) is 74.4 cm³/mol. The van der Waals surface area contributed by atoms with Crippen molar-refractivity contribution in [3.63, 3.8) is 0 Å². The zero-order valence-corrected chi connectivity index (χ0v) is 11.4. The van der Waals surface area contributed by atoms with Crippen molar-refractivity contribution < 1.29 is 4.92 Å². The quantitative estimate of drug-likeness (QED) is 0.483. The van der Waals surface area contributed by atoms with Crippen LogP contribution in [-0.4, -0.2) is 26.6 Å². The van der Waals surface area contributed by atoms with Crippen LogP contribution in [0.1, 0.15) is 5.82 Å². The first-order valence-electron chi connectivity index (χ1n) is 5.19. The van der Waals surface area contributed by atoms with E-state index in [-0.39, 0.29) is 10.6 Å². The number of anilines is 1. The third-order valence-corrected chi connectivity index (χ3v) is 2.97. The van der Waals surface area contributed by atoms with Crippen LogP contribution in [0, 0.1) is 13.7 Å². The Hall–Kier alpha value is -1.71. The fourth-order valence-electron chi connectivity index (χ4n) is 1.47. The molecule has 0 amide bonds. The molecule has 0 aliphatic carbocycles. The van der Waals surface area contributed by atoms with Gasteiger partial charge in [0.15, 0.2) is 0 Å². The summed E-state index contributed by atoms with van der Waals surface area (Å²) < 4.78 is 0.833. The summed E-state index contributed by atoms with van der Waals surface area (Å²) in [4.78, 5) is 14.5. The first-order valence-corrected chi connectivity index (χ1v) is 6.27. The first kappa shape index (κ1) is 12.7. The number of aromatic amines is 1. The van der Waals surface area contributed by atoms with Gasteiger partial charge in [-0.25, -0.2) is 4.98 Å². The molecule has 1 aromatic heterocycles. The molecule has 0 atom stereocenters. The summed E-state index contributed by atoms with van der Waals surface area (Å²) in [6.45, 7) is 0.552. The van der Waals surface area contributed by atoms with Crippen molar-refractivity contribution in [3.8, 4) is 0 Å². The standard InChI is InChI=1S/C10H10IN5O2/c11-7-1-2-8(9(5-7)16(17)18)12-4-3-10-13-6-14-15-10/h1-2,5-6,12H,3-4H2,(H,13,14,15). The zero-order chi connectivity index (χ0) is 13.0. The molecule has 7 nitrogen and oxygen atoms in total. The number of nitro groups is 1. The molecule has 0 saturated carbocycles. The van der Waals surface area contributed by atoms with Crippen molar-refractivity contribution in [2.24, 2.45) is 0 Å². The van der Waals surface area contributed by atoms with Gasteiger partial charge in [-0.2, -0.15) is 5.10 Å². The summed E-state index contributed by atoms with van der Waals surface area (Å²) in [5.41, 5.74) is 0.597. The average molecular weight is 359 g/mol. The Labute approximate surface area is 116 Å². The van der Waals surface area contributed by atoms with Crippen molar-refractivity contribution in [2.45, 2.75) is 6.42 Å². The van der Waals surface area contributed by atoms with Gasteiger partial charge in [-0.3, -0.25) is 15.2 Å². The number of benzene rings is 1. The number of hydrogen-bond acceptors (Lipinski definition) is 5. The van der Waals surface area contributed by atoms with Gasteiger partial charge in [0.25, 0.3) is 5.69 Å². The van der Waals surface area contributed by atoms with Gasteiger partial charge < -0.3 is 5.32 Å². The zero-order valence-electron chi connectivity index (χ0n) is 9.26. The summed E-state index contributed by atoms with van der Waals surface area (Å²) in [5, 5.41) is 20.4. The minimum atomic E-state index is -0.390. The highest BCUT2D eigenvalue weighted by Gasteiger charge is 2.13. The lowest BCUT2D eigenvalue weighted by atomic mass is 10.2. The van der Waals surface area contributed by atoms with E-state index in [2.05, 4.69) is 20.5 Å². The second-order valence-corrected chi connectivity index (χ2v) is 4.77. The van der Waals surface area contributed by atoms with Crippen molar-refractivity contribution in [1.29, 1.82) is 0 Å². The van der Waals surface area contributed by atoms with Gasteiger partial charge >= 0.3 is 0 Å². The molecule has 8 heteroatoms. The van der Waals surface area contributed by atoms with Crippen LogP contribution in [0.25, 0.3) is 0 Å². The number of nitrogens with zero attached hydrogens (tertiary/aromatic N) is 3. The maximum Gasteiger partial charge on any atom is 0.293 e. The van der Waals surface area contributed by atoms with Crippen molar-refractivity contribution >= 4 is 34.0 Å². The van der Waals surface area contributed by atoms with Gasteiger partial charge in [-0.15, -0.1) is 0 Å². The number of H-pyrrole nitrogens is 1. The summed E-state index contributed by atoms with van der Waals surface area (Å²) >= 11 is 2.05. The van der Waals surface area contributed by atoms with E-state index in [0.717, 1.165) is 9.39 Å². The molecule has 0 unspecified atom stereocenters. The molecule has 2 N–H and O–H groups in total.